The molecule has 36 heavy (non-hydrogen) atoms. The van der Waals surface area contributed by atoms with Crippen LogP contribution in [0.3, 0.4) is 0 Å². The highest BCUT2D eigenvalue weighted by Crippen LogP contribution is 2.25. The number of likely N-dealkylation sites (tertiary alicyclic amines) is 1. The summed E-state index contributed by atoms with van der Waals surface area (Å²) in [6.07, 6.45) is 1.26. The second-order valence-corrected chi connectivity index (χ2v) is 8.81. The maximum Gasteiger partial charge on any atom is 0.254 e. The number of hydrogen-bond donors (Lipinski definition) is 1. The first-order valence-electron chi connectivity index (χ1n) is 12.1. The number of carbonyl (C=O) groups is 2. The van der Waals surface area contributed by atoms with Crippen molar-refractivity contribution in [2.24, 2.45) is 5.92 Å². The molecule has 0 aliphatic carbocycles. The van der Waals surface area contributed by atoms with Crippen LogP contribution in [0.2, 0.25) is 0 Å². The molecule has 1 fully saturated rings. The van der Waals surface area contributed by atoms with Crippen LogP contribution in [-0.2, 0) is 17.9 Å². The minimum atomic E-state index is -0.113. The summed E-state index contributed by atoms with van der Waals surface area (Å²) in [7, 11) is 3.11. The number of para-hydroxylation sites is 1. The molecule has 1 aliphatic heterocycles. The van der Waals surface area contributed by atoms with Gasteiger partial charge in [-0.05, 0) is 48.2 Å². The van der Waals surface area contributed by atoms with Crippen LogP contribution < -0.4 is 19.5 Å². The number of nitrogens with zero attached hydrogens (tertiary/aromatic N) is 1. The van der Waals surface area contributed by atoms with E-state index < -0.39 is 0 Å². The van der Waals surface area contributed by atoms with Crippen molar-refractivity contribution in [3.05, 3.63) is 89.5 Å². The maximum atomic E-state index is 13.0. The topological polar surface area (TPSA) is 77.1 Å². The Kier molecular flexibility index (Phi) is 8.44. The van der Waals surface area contributed by atoms with Crippen LogP contribution in [0.5, 0.6) is 17.2 Å². The third-order valence-corrected chi connectivity index (χ3v) is 6.36. The lowest BCUT2D eigenvalue weighted by atomic mass is 9.95. The van der Waals surface area contributed by atoms with Gasteiger partial charge < -0.3 is 24.4 Å². The van der Waals surface area contributed by atoms with E-state index >= 15 is 0 Å². The molecule has 0 atom stereocenters. The average molecular weight is 489 g/mol. The van der Waals surface area contributed by atoms with Gasteiger partial charge in [-0.25, -0.2) is 0 Å². The Morgan fingerprint density at radius 2 is 1.50 bits per heavy atom. The lowest BCUT2D eigenvalue weighted by Gasteiger charge is -2.31. The smallest absolute Gasteiger partial charge is 0.254 e. The molecule has 0 radical (unpaired) electrons. The Balaban J connectivity index is 1.26. The Morgan fingerprint density at radius 1 is 0.833 bits per heavy atom. The molecule has 1 aliphatic rings. The van der Waals surface area contributed by atoms with Gasteiger partial charge in [0.05, 0.1) is 14.2 Å². The summed E-state index contributed by atoms with van der Waals surface area (Å²) in [6.45, 7) is 1.99. The summed E-state index contributed by atoms with van der Waals surface area (Å²) in [6, 6.07) is 22.9. The summed E-state index contributed by atoms with van der Waals surface area (Å²) in [5, 5.41) is 3.06. The molecule has 1 N–H and O–H groups in total. The minimum Gasteiger partial charge on any atom is -0.497 e. The predicted molar refractivity (Wildman–Crippen MR) is 137 cm³/mol. The highest BCUT2D eigenvalue weighted by molar-refractivity contribution is 5.95. The van der Waals surface area contributed by atoms with E-state index in [9.17, 15) is 9.59 Å². The van der Waals surface area contributed by atoms with E-state index in [2.05, 4.69) is 5.32 Å². The molecule has 0 saturated carbocycles. The zero-order valence-corrected chi connectivity index (χ0v) is 20.7. The fraction of sp³-hybridized carbons (Fsp3) is 0.310. The van der Waals surface area contributed by atoms with Gasteiger partial charge in [0.1, 0.15) is 23.9 Å². The fourth-order valence-electron chi connectivity index (χ4n) is 4.30. The quantitative estimate of drug-likeness (QED) is 0.482. The first kappa shape index (κ1) is 25.1. The fourth-order valence-corrected chi connectivity index (χ4v) is 4.30. The van der Waals surface area contributed by atoms with Gasteiger partial charge in [-0.1, -0.05) is 42.5 Å². The average Bonchev–Trinajstić information content (AvgIpc) is 2.95. The van der Waals surface area contributed by atoms with Crippen molar-refractivity contribution in [3.63, 3.8) is 0 Å². The Labute approximate surface area is 212 Å². The Bertz CT molecular complexity index is 1150. The van der Waals surface area contributed by atoms with E-state index in [4.69, 9.17) is 14.2 Å². The normalized spacial score (nSPS) is 13.7. The minimum absolute atomic E-state index is 0.0242. The summed E-state index contributed by atoms with van der Waals surface area (Å²) >= 11 is 0. The van der Waals surface area contributed by atoms with Crippen LogP contribution >= 0.6 is 0 Å². The number of carbonyl (C=O) groups excluding carboxylic acids is 2. The number of piperidine rings is 1. The summed E-state index contributed by atoms with van der Waals surface area (Å²) < 4.78 is 16.4. The Hall–Kier alpha value is -4.00. The number of amides is 2. The van der Waals surface area contributed by atoms with Gasteiger partial charge in [0.25, 0.3) is 5.91 Å². The number of benzene rings is 3. The van der Waals surface area contributed by atoms with Crippen molar-refractivity contribution in [1.29, 1.82) is 0 Å². The number of hydrogen-bond acceptors (Lipinski definition) is 5. The number of methoxy groups -OCH3 is 2. The van der Waals surface area contributed by atoms with E-state index in [0.29, 0.717) is 56.1 Å². The molecular weight excluding hydrogens is 456 g/mol. The lowest BCUT2D eigenvalue weighted by molar-refractivity contribution is -0.126. The highest BCUT2D eigenvalue weighted by atomic mass is 16.5. The first-order valence-corrected chi connectivity index (χ1v) is 12.1. The van der Waals surface area contributed by atoms with Crippen molar-refractivity contribution in [2.75, 3.05) is 27.3 Å². The van der Waals surface area contributed by atoms with Crippen LogP contribution in [0.4, 0.5) is 0 Å². The van der Waals surface area contributed by atoms with Gasteiger partial charge in [0.15, 0.2) is 0 Å². The molecule has 4 rings (SSSR count). The van der Waals surface area contributed by atoms with Gasteiger partial charge in [-0.3, -0.25) is 9.59 Å². The molecule has 1 saturated heterocycles. The second-order valence-electron chi connectivity index (χ2n) is 8.81. The summed E-state index contributed by atoms with van der Waals surface area (Å²) in [5.74, 6) is 1.80. The SMILES string of the molecule is COc1cc(OC)cc(C(=O)N2CCC(C(=O)NCc3cccc(COc4ccccc4)c3)CC2)c1. The number of nitrogens with one attached hydrogen (secondary N) is 1. The van der Waals surface area contributed by atoms with Gasteiger partial charge in [-0.15, -0.1) is 0 Å². The molecule has 0 aromatic heterocycles. The van der Waals surface area contributed by atoms with E-state index in [1.165, 1.54) is 0 Å². The molecular formula is C29H32N2O5. The lowest BCUT2D eigenvalue weighted by Crippen LogP contribution is -2.42. The molecule has 7 nitrogen and oxygen atoms in total. The largest absolute Gasteiger partial charge is 0.497 e. The molecule has 0 bridgehead atoms. The third-order valence-electron chi connectivity index (χ3n) is 6.36. The molecule has 1 heterocycles. The van der Waals surface area contributed by atoms with Crippen LogP contribution in [0.15, 0.2) is 72.8 Å². The summed E-state index contributed by atoms with van der Waals surface area (Å²) in [5.41, 5.74) is 2.59. The van der Waals surface area contributed by atoms with Crippen molar-refractivity contribution < 1.29 is 23.8 Å². The van der Waals surface area contributed by atoms with E-state index in [1.807, 2.05) is 54.6 Å². The highest BCUT2D eigenvalue weighted by Gasteiger charge is 2.28. The van der Waals surface area contributed by atoms with Crippen molar-refractivity contribution in [2.45, 2.75) is 26.0 Å². The molecule has 3 aromatic carbocycles. The van der Waals surface area contributed by atoms with E-state index in [1.54, 1.807) is 37.3 Å². The van der Waals surface area contributed by atoms with Crippen LogP contribution in [0.25, 0.3) is 0 Å². The third kappa shape index (κ3) is 6.56. The van der Waals surface area contributed by atoms with Gasteiger partial charge in [-0.2, -0.15) is 0 Å². The number of rotatable bonds is 9. The second kappa shape index (κ2) is 12.1. The zero-order chi connectivity index (χ0) is 25.3. The van der Waals surface area contributed by atoms with Crippen molar-refractivity contribution >= 4 is 11.8 Å². The molecule has 2 amide bonds. The molecule has 0 spiro atoms. The van der Waals surface area contributed by atoms with Gasteiger partial charge >= 0.3 is 0 Å². The van der Waals surface area contributed by atoms with Gasteiger partial charge in [0.2, 0.25) is 5.91 Å². The van der Waals surface area contributed by atoms with E-state index in [-0.39, 0.29) is 17.7 Å². The van der Waals surface area contributed by atoms with Crippen LogP contribution in [0.1, 0.15) is 34.3 Å². The monoisotopic (exact) mass is 488 g/mol. The molecule has 0 unspecified atom stereocenters. The zero-order valence-electron chi connectivity index (χ0n) is 20.7. The summed E-state index contributed by atoms with van der Waals surface area (Å²) in [4.78, 5) is 27.6. The van der Waals surface area contributed by atoms with Crippen molar-refractivity contribution in [3.8, 4) is 17.2 Å². The molecule has 188 valence electrons. The van der Waals surface area contributed by atoms with Gasteiger partial charge in [0, 0.05) is 37.2 Å². The Morgan fingerprint density at radius 3 is 2.17 bits per heavy atom. The standard InChI is InChI=1S/C29H32N2O5/c1-34-26-16-24(17-27(18-26)35-2)29(33)31-13-11-23(12-14-31)28(32)30-19-21-7-6-8-22(15-21)20-36-25-9-4-3-5-10-25/h3-10,15-18,23H,11-14,19-20H2,1-2H3,(H,30,32). The predicted octanol–water partition coefficient (Wildman–Crippen LogP) is 4.45. The van der Waals surface area contributed by atoms with Crippen LogP contribution in [0, 0.1) is 5.92 Å². The first-order chi connectivity index (χ1) is 17.6. The molecule has 7 heteroatoms. The van der Waals surface area contributed by atoms with E-state index in [0.717, 1.165) is 16.9 Å². The van der Waals surface area contributed by atoms with Crippen molar-refractivity contribution in [1.82, 2.24) is 10.2 Å². The number of ether oxygens (including phenoxy) is 3. The maximum absolute atomic E-state index is 13.0. The van der Waals surface area contributed by atoms with Crippen LogP contribution in [-0.4, -0.2) is 44.0 Å². The molecule has 3 aromatic rings.